The van der Waals surface area contributed by atoms with E-state index in [9.17, 15) is 19.5 Å². The highest BCUT2D eigenvalue weighted by atomic mass is 79.9. The van der Waals surface area contributed by atoms with Crippen LogP contribution in [0.3, 0.4) is 0 Å². The van der Waals surface area contributed by atoms with Gasteiger partial charge in [0, 0.05) is 55.1 Å². The van der Waals surface area contributed by atoms with Crippen LogP contribution in [0.2, 0.25) is 10.0 Å². The predicted octanol–water partition coefficient (Wildman–Crippen LogP) is 5.29. The van der Waals surface area contributed by atoms with Crippen LogP contribution in [-0.2, 0) is 9.59 Å². The van der Waals surface area contributed by atoms with Gasteiger partial charge in [0.25, 0.3) is 5.91 Å². The quantitative estimate of drug-likeness (QED) is 0.248. The second-order valence-corrected chi connectivity index (χ2v) is 11.2. The number of likely N-dealkylation sites (N-methyl/N-ethyl adjacent to an activating group) is 1. The number of carbonyl (C=O) groups is 3. The highest BCUT2D eigenvalue weighted by molar-refractivity contribution is 9.10. The monoisotopic (exact) mass is 671 g/mol. The molecule has 3 amide bonds. The lowest BCUT2D eigenvalue weighted by atomic mass is 10.0. The maximum absolute atomic E-state index is 13.0. The Balaban J connectivity index is 1.46. The first-order valence-electron chi connectivity index (χ1n) is 12.7. The lowest BCUT2D eigenvalue weighted by Crippen LogP contribution is -2.37. The summed E-state index contributed by atoms with van der Waals surface area (Å²) in [6.07, 6.45) is 3.47. The molecule has 0 saturated heterocycles. The van der Waals surface area contributed by atoms with Crippen molar-refractivity contribution in [2.45, 2.75) is 13.0 Å². The smallest absolute Gasteiger partial charge is 0.253 e. The summed E-state index contributed by atoms with van der Waals surface area (Å²) in [5, 5.41) is 14.2. The molecule has 12 heteroatoms. The highest BCUT2D eigenvalue weighted by Crippen LogP contribution is 2.41. The summed E-state index contributed by atoms with van der Waals surface area (Å²) >= 11 is 16.7. The topological polar surface area (TPSA) is 107 Å². The van der Waals surface area contributed by atoms with Crippen molar-refractivity contribution in [3.05, 3.63) is 103 Å². The van der Waals surface area contributed by atoms with E-state index in [2.05, 4.69) is 26.2 Å². The fourth-order valence-corrected chi connectivity index (χ4v) is 5.33. The number of nitrogens with one attached hydrogen (secondary N) is 1. The molecule has 2 aromatic heterocycles. The molecule has 0 spiro atoms. The first kappa shape index (κ1) is 31.2. The molecular weight excluding hydrogens is 645 g/mol. The van der Waals surface area contributed by atoms with Gasteiger partial charge in [-0.15, -0.1) is 0 Å². The Bertz CT molecular complexity index is 1700. The van der Waals surface area contributed by atoms with Crippen molar-refractivity contribution in [1.82, 2.24) is 19.6 Å². The van der Waals surface area contributed by atoms with E-state index in [-0.39, 0.29) is 28.1 Å². The SMILES string of the molecule is Cc1nc2c(C(O)c3c(Cl)ccc(N(C)C(=O)CNC(=O)C=Cc4ccc(C(=O)N(C)C)cc4)c3Cl)cccn2c1Br. The van der Waals surface area contributed by atoms with Gasteiger partial charge in [0.05, 0.1) is 22.9 Å². The Morgan fingerprint density at radius 2 is 1.79 bits per heavy atom. The van der Waals surface area contributed by atoms with Crippen LogP contribution >= 0.6 is 39.1 Å². The van der Waals surface area contributed by atoms with Crippen LogP contribution < -0.4 is 10.2 Å². The number of pyridine rings is 1. The molecule has 0 aliphatic heterocycles. The van der Waals surface area contributed by atoms with Crippen LogP contribution in [0.1, 0.15) is 38.8 Å². The number of aromatic nitrogens is 2. The number of fused-ring (bicyclic) bond motifs is 1. The van der Waals surface area contributed by atoms with Crippen molar-refractivity contribution in [3.8, 4) is 0 Å². The number of hydrogen-bond acceptors (Lipinski definition) is 5. The number of carbonyl (C=O) groups excluding carboxylic acids is 3. The minimum Gasteiger partial charge on any atom is -0.383 e. The summed E-state index contributed by atoms with van der Waals surface area (Å²) in [6, 6.07) is 13.4. The minimum atomic E-state index is -1.23. The Morgan fingerprint density at radius 1 is 1.10 bits per heavy atom. The van der Waals surface area contributed by atoms with Gasteiger partial charge < -0.3 is 20.2 Å². The Labute approximate surface area is 261 Å². The van der Waals surface area contributed by atoms with Gasteiger partial charge in [0.2, 0.25) is 11.8 Å². The normalized spacial score (nSPS) is 12.0. The van der Waals surface area contributed by atoms with Gasteiger partial charge in [0.1, 0.15) is 16.4 Å². The molecule has 42 heavy (non-hydrogen) atoms. The fraction of sp³-hybridized carbons (Fsp3) is 0.200. The molecule has 1 atom stereocenters. The molecule has 0 radical (unpaired) electrons. The van der Waals surface area contributed by atoms with Gasteiger partial charge in [-0.2, -0.15) is 0 Å². The molecule has 2 heterocycles. The summed E-state index contributed by atoms with van der Waals surface area (Å²) in [5.41, 5.74) is 3.56. The van der Waals surface area contributed by atoms with E-state index >= 15 is 0 Å². The molecule has 2 N–H and O–H groups in total. The van der Waals surface area contributed by atoms with Crippen LogP contribution in [0.5, 0.6) is 0 Å². The zero-order valence-corrected chi connectivity index (χ0v) is 26.3. The zero-order valence-electron chi connectivity index (χ0n) is 23.2. The number of aliphatic hydroxyl groups is 1. The standard InChI is InChI=1S/C30H28BrCl2N5O4/c1-17-28(31)38-15-5-6-20(29(38)35-17)27(41)25-21(32)12-13-22(26(25)33)37(4)24(40)16-34-23(39)14-9-18-7-10-19(11-8-18)30(42)36(2)3/h5-15,27,41H,16H2,1-4H3,(H,34,39). The average molecular weight is 673 g/mol. The molecule has 0 fully saturated rings. The van der Waals surface area contributed by atoms with Gasteiger partial charge in [-0.05, 0) is 64.8 Å². The van der Waals surface area contributed by atoms with Crippen molar-refractivity contribution >= 4 is 74.3 Å². The summed E-state index contributed by atoms with van der Waals surface area (Å²) in [7, 11) is 4.86. The number of aliphatic hydroxyl groups excluding tert-OH is 1. The Kier molecular flexibility index (Phi) is 9.73. The van der Waals surface area contributed by atoms with Gasteiger partial charge in [0.15, 0.2) is 0 Å². The van der Waals surface area contributed by atoms with Gasteiger partial charge >= 0.3 is 0 Å². The molecule has 2 aromatic carbocycles. The Hall–Kier alpha value is -3.70. The number of hydrogen-bond donors (Lipinski definition) is 2. The number of imidazole rings is 1. The summed E-state index contributed by atoms with van der Waals surface area (Å²) in [4.78, 5) is 44.7. The summed E-state index contributed by atoms with van der Waals surface area (Å²) < 4.78 is 2.56. The number of halogens is 3. The van der Waals surface area contributed by atoms with Crippen LogP contribution in [-0.4, -0.2) is 64.8 Å². The van der Waals surface area contributed by atoms with Gasteiger partial charge in [-0.25, -0.2) is 4.98 Å². The third kappa shape index (κ3) is 6.52. The molecule has 0 aliphatic carbocycles. The van der Waals surface area contributed by atoms with E-state index in [0.29, 0.717) is 22.5 Å². The van der Waals surface area contributed by atoms with E-state index < -0.39 is 17.9 Å². The lowest BCUT2D eigenvalue weighted by molar-refractivity contribution is -0.122. The van der Waals surface area contributed by atoms with Crippen LogP contribution in [0.15, 0.2) is 65.4 Å². The second-order valence-electron chi connectivity index (χ2n) is 9.67. The van der Waals surface area contributed by atoms with Crippen molar-refractivity contribution < 1.29 is 19.5 Å². The number of anilines is 1. The number of benzene rings is 2. The van der Waals surface area contributed by atoms with E-state index in [1.807, 2.05) is 13.1 Å². The van der Waals surface area contributed by atoms with Gasteiger partial charge in [-0.3, -0.25) is 18.8 Å². The number of amides is 3. The van der Waals surface area contributed by atoms with E-state index in [4.69, 9.17) is 23.2 Å². The molecule has 0 aliphatic rings. The molecule has 218 valence electrons. The van der Waals surface area contributed by atoms with E-state index in [1.165, 1.54) is 22.9 Å². The number of nitrogens with zero attached hydrogens (tertiary/aromatic N) is 4. The number of aryl methyl sites for hydroxylation is 1. The third-order valence-corrected chi connectivity index (χ3v) is 8.28. The van der Waals surface area contributed by atoms with Crippen molar-refractivity contribution in [3.63, 3.8) is 0 Å². The second kappa shape index (κ2) is 13.1. The molecule has 4 rings (SSSR count). The van der Waals surface area contributed by atoms with Crippen LogP contribution in [0.4, 0.5) is 5.69 Å². The van der Waals surface area contributed by atoms with E-state index in [0.717, 1.165) is 15.9 Å². The molecule has 9 nitrogen and oxygen atoms in total. The van der Waals surface area contributed by atoms with Crippen LogP contribution in [0, 0.1) is 6.92 Å². The third-order valence-electron chi connectivity index (χ3n) is 6.60. The molecular formula is C30H28BrCl2N5O4. The first-order valence-corrected chi connectivity index (χ1v) is 14.3. The first-order chi connectivity index (χ1) is 19.9. The van der Waals surface area contributed by atoms with Crippen LogP contribution in [0.25, 0.3) is 11.7 Å². The predicted molar refractivity (Wildman–Crippen MR) is 168 cm³/mol. The molecule has 1 unspecified atom stereocenters. The van der Waals surface area contributed by atoms with Crippen molar-refractivity contribution in [2.75, 3.05) is 32.6 Å². The Morgan fingerprint density at radius 3 is 2.45 bits per heavy atom. The lowest BCUT2D eigenvalue weighted by Gasteiger charge is -2.23. The van der Waals surface area contributed by atoms with Crippen molar-refractivity contribution in [2.24, 2.45) is 0 Å². The summed E-state index contributed by atoms with van der Waals surface area (Å²) in [5.74, 6) is -1.03. The number of rotatable bonds is 8. The van der Waals surface area contributed by atoms with Gasteiger partial charge in [-0.1, -0.05) is 41.4 Å². The molecule has 4 aromatic rings. The maximum atomic E-state index is 13.0. The maximum Gasteiger partial charge on any atom is 0.253 e. The highest BCUT2D eigenvalue weighted by Gasteiger charge is 2.26. The molecule has 0 bridgehead atoms. The van der Waals surface area contributed by atoms with Crippen molar-refractivity contribution in [1.29, 1.82) is 0 Å². The summed E-state index contributed by atoms with van der Waals surface area (Å²) in [6.45, 7) is 1.54. The minimum absolute atomic E-state index is 0.0950. The fourth-order valence-electron chi connectivity index (χ4n) is 4.25. The zero-order chi connectivity index (χ0) is 30.7. The molecule has 0 saturated carbocycles. The largest absolute Gasteiger partial charge is 0.383 e. The average Bonchev–Trinajstić information content (AvgIpc) is 3.27. The van der Waals surface area contributed by atoms with E-state index in [1.54, 1.807) is 73.1 Å².